The summed E-state index contributed by atoms with van der Waals surface area (Å²) < 4.78 is 6.38. The molecule has 4 bridgehead atoms. The van der Waals surface area contributed by atoms with Crippen molar-refractivity contribution >= 4 is 10.9 Å². The second kappa shape index (κ2) is 9.98. The van der Waals surface area contributed by atoms with Gasteiger partial charge in [-0.05, 0) is 104 Å². The Morgan fingerprint density at radius 3 is 1.58 bits per heavy atom. The molecule has 0 radical (unpaired) electrons. The van der Waals surface area contributed by atoms with Crippen molar-refractivity contribution in [2.75, 3.05) is 6.61 Å². The molecule has 0 aliphatic heterocycles. The molecule has 0 amide bonds. The summed E-state index contributed by atoms with van der Waals surface area (Å²) in [4.78, 5) is 4.10. The normalized spacial score (nSPS) is 27.5. The maximum absolute atomic E-state index is 6.38. The first-order valence-corrected chi connectivity index (χ1v) is 13.5. The number of ether oxygens (including phenoxy) is 1. The summed E-state index contributed by atoms with van der Waals surface area (Å²) in [7, 11) is -0.0771. The summed E-state index contributed by atoms with van der Waals surface area (Å²) >= 11 is 0. The first-order valence-electron chi connectivity index (χ1n) is 12.3. The lowest BCUT2D eigenvalue weighted by Crippen LogP contribution is -3.00. The minimum atomic E-state index is -0.0771. The third kappa shape index (κ3) is 4.97. The molecule has 0 spiro atoms. The van der Waals surface area contributed by atoms with Crippen molar-refractivity contribution in [2.24, 2.45) is 23.2 Å². The van der Waals surface area contributed by atoms with E-state index in [1.807, 2.05) is 0 Å². The number of hydrogen-bond donors (Lipinski definition) is 0. The van der Waals surface area contributed by atoms with Crippen LogP contribution >= 0.6 is 0 Å². The molecule has 1 nitrogen and oxygen atoms in total. The summed E-state index contributed by atoms with van der Waals surface area (Å²) in [5.74, 6) is 2.99. The van der Waals surface area contributed by atoms with Crippen LogP contribution in [0, 0.1) is 23.2 Å². The van der Waals surface area contributed by atoms with Crippen LogP contribution in [0.25, 0.3) is 0 Å². The second-order valence-corrected chi connectivity index (χ2v) is 12.5. The molecule has 3 aromatic carbocycles. The van der Waals surface area contributed by atoms with Gasteiger partial charge in [-0.1, -0.05) is 48.5 Å². The summed E-state index contributed by atoms with van der Waals surface area (Å²) in [5, 5.41) is 0. The van der Waals surface area contributed by atoms with Crippen LogP contribution in [0.5, 0.6) is 0 Å². The maximum Gasteiger partial charge on any atom is 0.166 e. The van der Waals surface area contributed by atoms with E-state index in [4.69, 9.17) is 4.74 Å². The highest BCUT2D eigenvalue weighted by molar-refractivity contribution is 7.97. The molecule has 0 unspecified atom stereocenters. The van der Waals surface area contributed by atoms with Gasteiger partial charge in [-0.25, -0.2) is 0 Å². The van der Waals surface area contributed by atoms with Gasteiger partial charge < -0.3 is 21.7 Å². The Morgan fingerprint density at radius 2 is 1.09 bits per heavy atom. The minimum Gasteiger partial charge on any atom is -1.00 e. The molecule has 0 N–H and O–H groups in total. The molecular formula is C30H33BrOS. The summed E-state index contributed by atoms with van der Waals surface area (Å²) in [6.07, 6.45) is 8.79. The standard InChI is InChI=1S/C30H33OS.BrH/c1-3-7-27(8-4-1)32(28-9-5-2-6-10-28)29-13-11-23(12-14-29)21-31-22-30-18-24-15-25(19-30)17-26(16-24)20-30;/h1-14,24-26H,15-22H2;1H/q+1;/p-1. The molecule has 4 fully saturated rings. The molecule has 0 aromatic heterocycles. The van der Waals surface area contributed by atoms with Gasteiger partial charge in [-0.3, -0.25) is 0 Å². The highest BCUT2D eigenvalue weighted by atomic mass is 79.9. The van der Waals surface area contributed by atoms with Crippen molar-refractivity contribution in [3.05, 3.63) is 90.5 Å². The maximum atomic E-state index is 6.38. The monoisotopic (exact) mass is 520 g/mol. The van der Waals surface area contributed by atoms with E-state index in [1.54, 1.807) is 0 Å². The lowest BCUT2D eigenvalue weighted by atomic mass is 9.50. The van der Waals surface area contributed by atoms with Gasteiger partial charge in [0, 0.05) is 0 Å². The van der Waals surface area contributed by atoms with E-state index in [9.17, 15) is 0 Å². The largest absolute Gasteiger partial charge is 1.00 e. The van der Waals surface area contributed by atoms with Crippen molar-refractivity contribution in [2.45, 2.75) is 59.8 Å². The van der Waals surface area contributed by atoms with E-state index < -0.39 is 0 Å². The van der Waals surface area contributed by atoms with E-state index in [2.05, 4.69) is 84.9 Å². The summed E-state index contributed by atoms with van der Waals surface area (Å²) in [6, 6.07) is 30.9. The first kappa shape index (κ1) is 23.2. The highest BCUT2D eigenvalue weighted by Gasteiger charge is 2.50. The summed E-state index contributed by atoms with van der Waals surface area (Å²) in [5.41, 5.74) is 1.80. The zero-order valence-electron chi connectivity index (χ0n) is 19.2. The van der Waals surface area contributed by atoms with Crippen molar-refractivity contribution in [3.63, 3.8) is 0 Å². The van der Waals surface area contributed by atoms with Crippen LogP contribution in [-0.2, 0) is 22.2 Å². The van der Waals surface area contributed by atoms with Gasteiger partial charge in [-0.15, -0.1) is 0 Å². The van der Waals surface area contributed by atoms with Crippen molar-refractivity contribution in [1.82, 2.24) is 0 Å². The Bertz CT molecular complexity index is 959. The van der Waals surface area contributed by atoms with E-state index >= 15 is 0 Å². The molecular weight excluding hydrogens is 488 g/mol. The SMILES string of the molecule is [Br-].c1ccc([S+](c2ccccc2)c2ccc(COCC34CC5CC(CC(C5)C3)C4)cc2)cc1. The zero-order valence-corrected chi connectivity index (χ0v) is 21.6. The number of hydrogen-bond acceptors (Lipinski definition) is 1. The molecule has 0 heterocycles. The molecule has 4 saturated carbocycles. The molecule has 3 heteroatoms. The average Bonchev–Trinajstić information content (AvgIpc) is 2.81. The smallest absolute Gasteiger partial charge is 0.166 e. The number of rotatable bonds is 7. The number of benzene rings is 3. The summed E-state index contributed by atoms with van der Waals surface area (Å²) in [6.45, 7) is 1.71. The van der Waals surface area contributed by atoms with E-state index in [0.717, 1.165) is 31.0 Å². The Hall–Kier alpha value is -1.55. The Labute approximate surface area is 212 Å². The Morgan fingerprint density at radius 1 is 0.636 bits per heavy atom. The fourth-order valence-electron chi connectivity index (χ4n) is 7.10. The fraction of sp³-hybridized carbons (Fsp3) is 0.400. The second-order valence-electron chi connectivity index (χ2n) is 10.5. The Kier molecular flexibility index (Phi) is 7.02. The predicted octanol–water partition coefficient (Wildman–Crippen LogP) is 4.52. The van der Waals surface area contributed by atoms with Gasteiger partial charge in [0.05, 0.1) is 24.1 Å². The van der Waals surface area contributed by atoms with E-state index in [0.29, 0.717) is 5.41 Å². The minimum absolute atomic E-state index is 0. The highest BCUT2D eigenvalue weighted by Crippen LogP contribution is 2.60. The van der Waals surface area contributed by atoms with Crippen molar-refractivity contribution in [1.29, 1.82) is 0 Å². The van der Waals surface area contributed by atoms with Crippen molar-refractivity contribution < 1.29 is 21.7 Å². The van der Waals surface area contributed by atoms with Crippen LogP contribution in [0.1, 0.15) is 44.1 Å². The third-order valence-electron chi connectivity index (χ3n) is 7.96. The van der Waals surface area contributed by atoms with E-state index in [1.165, 1.54) is 58.8 Å². The van der Waals surface area contributed by atoms with E-state index in [-0.39, 0.29) is 27.9 Å². The first-order chi connectivity index (χ1) is 15.8. The fourth-order valence-corrected chi connectivity index (χ4v) is 9.18. The average molecular weight is 522 g/mol. The molecule has 0 saturated heterocycles. The van der Waals surface area contributed by atoms with Crippen LogP contribution in [0.15, 0.2) is 99.6 Å². The van der Waals surface area contributed by atoms with Crippen LogP contribution in [-0.4, -0.2) is 6.61 Å². The molecule has 33 heavy (non-hydrogen) atoms. The molecule has 7 rings (SSSR count). The Balaban J connectivity index is 0.00000228. The lowest BCUT2D eigenvalue weighted by Gasteiger charge is -2.56. The molecule has 4 aliphatic carbocycles. The van der Waals surface area contributed by atoms with Crippen LogP contribution in [0.4, 0.5) is 0 Å². The van der Waals surface area contributed by atoms with Crippen molar-refractivity contribution in [3.8, 4) is 0 Å². The third-order valence-corrected chi connectivity index (χ3v) is 10.2. The zero-order chi connectivity index (χ0) is 21.4. The molecule has 172 valence electrons. The van der Waals surface area contributed by atoms with Crippen LogP contribution < -0.4 is 17.0 Å². The predicted molar refractivity (Wildman–Crippen MR) is 132 cm³/mol. The van der Waals surface area contributed by atoms with Crippen LogP contribution in [0.2, 0.25) is 0 Å². The lowest BCUT2D eigenvalue weighted by molar-refractivity contribution is -0.0994. The molecule has 3 aromatic rings. The van der Waals surface area contributed by atoms with Gasteiger partial charge in [0.25, 0.3) is 0 Å². The van der Waals surface area contributed by atoms with Gasteiger partial charge in [-0.2, -0.15) is 0 Å². The quantitative estimate of drug-likeness (QED) is 0.416. The van der Waals surface area contributed by atoms with Gasteiger partial charge in [0.2, 0.25) is 0 Å². The topological polar surface area (TPSA) is 9.23 Å². The van der Waals surface area contributed by atoms with Gasteiger partial charge >= 0.3 is 0 Å². The van der Waals surface area contributed by atoms with Crippen LogP contribution in [0.3, 0.4) is 0 Å². The van der Waals surface area contributed by atoms with Gasteiger partial charge in [0.15, 0.2) is 14.7 Å². The number of halogens is 1. The molecule has 4 aliphatic rings. The molecule has 0 atom stereocenters. The van der Waals surface area contributed by atoms with Gasteiger partial charge in [0.1, 0.15) is 0 Å².